The van der Waals surface area contributed by atoms with Crippen LogP contribution in [0.5, 0.6) is 0 Å². The van der Waals surface area contributed by atoms with Gasteiger partial charge in [-0.15, -0.1) is 0 Å². The first-order chi connectivity index (χ1) is 6.77. The van der Waals surface area contributed by atoms with E-state index in [1.807, 2.05) is 0 Å². The third-order valence-corrected chi connectivity index (χ3v) is 6.64. The van der Waals surface area contributed by atoms with Gasteiger partial charge in [0.2, 0.25) is 0 Å². The monoisotopic (exact) mass is 395 g/mol. The number of rotatable bonds is 0. The Balaban J connectivity index is 0.000000423. The number of benzene rings is 1. The summed E-state index contributed by atoms with van der Waals surface area (Å²) >= 11 is 0.766. The van der Waals surface area contributed by atoms with Gasteiger partial charge in [-0.2, -0.15) is 0 Å². The van der Waals surface area contributed by atoms with Gasteiger partial charge < -0.3 is 5.11 Å². The van der Waals surface area contributed by atoms with Gasteiger partial charge in [0.25, 0.3) is 5.97 Å². The fourth-order valence-corrected chi connectivity index (χ4v) is 3.47. The van der Waals surface area contributed by atoms with Crippen molar-refractivity contribution in [1.82, 2.24) is 0 Å². The van der Waals surface area contributed by atoms with Crippen molar-refractivity contribution >= 4 is 9.04 Å². The number of carboxylic acid groups (broad SMARTS) is 1. The second kappa shape index (κ2) is 6.26. The Labute approximate surface area is 108 Å². The Morgan fingerprint density at radius 3 is 1.67 bits per heavy atom. The third-order valence-electron chi connectivity index (χ3n) is 2.52. The van der Waals surface area contributed by atoms with E-state index in [4.69, 9.17) is 9.90 Å². The van der Waals surface area contributed by atoms with Crippen molar-refractivity contribution in [1.29, 1.82) is 0 Å². The zero-order valence-electron chi connectivity index (χ0n) is 10.1. The summed E-state index contributed by atoms with van der Waals surface area (Å²) in [6.45, 7) is 9.98. The minimum absolute atomic E-state index is 0.766. The first-order valence-corrected chi connectivity index (χ1v) is 7.61. The Morgan fingerprint density at radius 2 is 1.40 bits per heavy atom. The fraction of sp³-hybridized carbons (Fsp3) is 0.417. The molecule has 0 atom stereocenters. The topological polar surface area (TPSA) is 37.3 Å². The van der Waals surface area contributed by atoms with Crippen molar-refractivity contribution in [3.8, 4) is 0 Å². The summed E-state index contributed by atoms with van der Waals surface area (Å²) in [7, 11) is 0. The molecule has 0 aliphatic carbocycles. The average Bonchev–Trinajstić information content (AvgIpc) is 2.11. The summed E-state index contributed by atoms with van der Waals surface area (Å²) in [5.74, 6) is -0.833. The van der Waals surface area contributed by atoms with Crippen molar-refractivity contribution in [2.24, 2.45) is 0 Å². The van der Waals surface area contributed by atoms with Crippen molar-refractivity contribution in [2.75, 3.05) is 0 Å². The molecule has 1 aromatic carbocycles. The predicted molar refractivity (Wildman–Crippen MR) is 58.3 cm³/mol. The summed E-state index contributed by atoms with van der Waals surface area (Å²) in [6.07, 6.45) is 0. The van der Waals surface area contributed by atoms with E-state index in [2.05, 4.69) is 33.8 Å². The quantitative estimate of drug-likeness (QED) is 0.686. The first-order valence-electron chi connectivity index (χ1n) is 4.86. The Kier molecular flexibility index (Phi) is 6.10. The van der Waals surface area contributed by atoms with Crippen LogP contribution in [0.1, 0.15) is 29.2 Å². The Bertz CT molecular complexity index is 340. The van der Waals surface area contributed by atoms with Crippen LogP contribution in [0, 0.1) is 27.7 Å². The maximum atomic E-state index is 9.00. The van der Waals surface area contributed by atoms with Crippen LogP contribution in [0.25, 0.3) is 0 Å². The zero-order chi connectivity index (χ0) is 12.2. The zero-order valence-corrected chi connectivity index (χ0v) is 15.6. The van der Waals surface area contributed by atoms with Gasteiger partial charge in [-0.3, -0.25) is 4.79 Å². The number of aryl methyl sites for hydroxylation is 2. The molecule has 0 fully saturated rings. The van der Waals surface area contributed by atoms with Gasteiger partial charge in [0.1, 0.15) is 0 Å². The molecule has 0 aromatic heterocycles. The van der Waals surface area contributed by atoms with Crippen LogP contribution in [0.4, 0.5) is 0 Å². The molecule has 0 aliphatic rings. The van der Waals surface area contributed by atoms with E-state index in [0.29, 0.717) is 0 Å². The van der Waals surface area contributed by atoms with Crippen LogP contribution in [-0.4, -0.2) is 11.1 Å². The van der Waals surface area contributed by atoms with Crippen LogP contribution >= 0.6 is 0 Å². The van der Waals surface area contributed by atoms with E-state index in [9.17, 15) is 0 Å². The normalized spacial score (nSPS) is 9.27. The van der Waals surface area contributed by atoms with Crippen molar-refractivity contribution in [3.05, 3.63) is 28.3 Å². The molecule has 1 N–H and O–H groups in total. The molecule has 2 nitrogen and oxygen atoms in total. The summed E-state index contributed by atoms with van der Waals surface area (Å²) in [4.78, 5) is 9.00. The Hall–Kier alpha value is -0.375. The predicted octanol–water partition coefficient (Wildman–Crippen LogP) is 2.18. The maximum absolute atomic E-state index is 9.00. The van der Waals surface area contributed by atoms with Crippen LogP contribution in [-0.2, 0) is 30.9 Å². The summed E-state index contributed by atoms with van der Waals surface area (Å²) in [6, 6.07) is 2.29. The second-order valence-corrected chi connectivity index (χ2v) is 6.51. The van der Waals surface area contributed by atoms with Gasteiger partial charge in [0, 0.05) is 6.92 Å². The summed E-state index contributed by atoms with van der Waals surface area (Å²) in [5.41, 5.74) is 5.96. The SMILES string of the molecule is CC(=O)O.Cc1cc(C)c(C)[c]([Hg])c1C. The van der Waals surface area contributed by atoms with E-state index in [-0.39, 0.29) is 0 Å². The van der Waals surface area contributed by atoms with E-state index in [1.54, 1.807) is 3.07 Å². The molecule has 0 unspecified atom stereocenters. The number of carboxylic acids is 1. The molecule has 0 bridgehead atoms. The molecule has 0 amide bonds. The van der Waals surface area contributed by atoms with Crippen LogP contribution in [0.3, 0.4) is 0 Å². The Morgan fingerprint density at radius 1 is 1.13 bits per heavy atom. The van der Waals surface area contributed by atoms with E-state index in [1.165, 1.54) is 22.3 Å². The number of hydrogen-bond donors (Lipinski definition) is 1. The molecule has 0 radical (unpaired) electrons. The van der Waals surface area contributed by atoms with Gasteiger partial charge in [-0.05, 0) is 0 Å². The summed E-state index contributed by atoms with van der Waals surface area (Å²) < 4.78 is 1.64. The van der Waals surface area contributed by atoms with Gasteiger partial charge in [0.05, 0.1) is 0 Å². The minimum atomic E-state index is -0.833. The van der Waals surface area contributed by atoms with Gasteiger partial charge in [0.15, 0.2) is 0 Å². The molecular formula is C12H17HgO2. The van der Waals surface area contributed by atoms with Crippen LogP contribution in [0.15, 0.2) is 6.07 Å². The molecule has 0 spiro atoms. The molecular weight excluding hydrogens is 377 g/mol. The molecule has 3 heteroatoms. The van der Waals surface area contributed by atoms with Crippen LogP contribution in [0.2, 0.25) is 0 Å². The second-order valence-electron chi connectivity index (χ2n) is 3.76. The van der Waals surface area contributed by atoms with Crippen LogP contribution < -0.4 is 3.07 Å². The van der Waals surface area contributed by atoms with Gasteiger partial charge in [-0.1, -0.05) is 0 Å². The third kappa shape index (κ3) is 4.78. The first kappa shape index (κ1) is 14.6. The standard InChI is InChI=1S/C10H13.C2H4O2.Hg/c1-7-5-9(3)10(4)6-8(7)2;1-2(3)4;/h5H,1-4H3;1H3,(H,3,4);. The molecule has 0 saturated heterocycles. The van der Waals surface area contributed by atoms with Gasteiger partial charge >= 0.3 is 85.2 Å². The number of carbonyl (C=O) groups is 1. The fourth-order valence-electron chi connectivity index (χ4n) is 1.30. The average molecular weight is 394 g/mol. The molecule has 79 valence electrons. The van der Waals surface area contributed by atoms with E-state index < -0.39 is 5.97 Å². The molecule has 1 rings (SSSR count). The molecule has 0 heterocycles. The van der Waals surface area contributed by atoms with Gasteiger partial charge in [-0.25, -0.2) is 0 Å². The molecule has 0 aliphatic heterocycles. The molecule has 15 heavy (non-hydrogen) atoms. The van der Waals surface area contributed by atoms with Crippen molar-refractivity contribution in [3.63, 3.8) is 0 Å². The van der Waals surface area contributed by atoms with E-state index >= 15 is 0 Å². The van der Waals surface area contributed by atoms with Crippen molar-refractivity contribution in [2.45, 2.75) is 34.6 Å². The summed E-state index contributed by atoms with van der Waals surface area (Å²) in [5, 5.41) is 7.42. The van der Waals surface area contributed by atoms with Crippen molar-refractivity contribution < 1.29 is 36.0 Å². The molecule has 1 aromatic rings. The number of aliphatic carboxylic acids is 1. The number of hydrogen-bond acceptors (Lipinski definition) is 1. The van der Waals surface area contributed by atoms with E-state index in [0.717, 1.165) is 33.0 Å². The molecule has 0 saturated carbocycles.